The highest BCUT2D eigenvalue weighted by atomic mass is 16.4. The highest BCUT2D eigenvalue weighted by Gasteiger charge is 2.26. The summed E-state index contributed by atoms with van der Waals surface area (Å²) in [7, 11) is 0. The first-order chi connectivity index (χ1) is 27.8. The van der Waals surface area contributed by atoms with Gasteiger partial charge in [0.1, 0.15) is 0 Å². The molecule has 0 aliphatic carbocycles. The summed E-state index contributed by atoms with van der Waals surface area (Å²) >= 11 is 0. The van der Waals surface area contributed by atoms with Crippen molar-refractivity contribution in [2.75, 3.05) is 72.2 Å². The minimum absolute atomic E-state index is 0.00798. The number of nitrogens with zero attached hydrogens (tertiary/aromatic N) is 3. The predicted molar refractivity (Wildman–Crippen MR) is 210 cm³/mol. The Kier molecular flexibility index (Phi) is 28.6. The third-order valence-corrected chi connectivity index (χ3v) is 9.58. The number of rotatable bonds is 36. The molecule has 0 aliphatic rings. The van der Waals surface area contributed by atoms with Crippen molar-refractivity contribution in [3.63, 3.8) is 0 Å². The number of pyridine rings is 1. The molecule has 334 valence electrons. The van der Waals surface area contributed by atoms with Gasteiger partial charge in [0, 0.05) is 83.0 Å². The molecule has 0 bridgehead atoms. The number of aliphatic hydroxyl groups excluding tert-OH is 6. The summed E-state index contributed by atoms with van der Waals surface area (Å²) in [4.78, 5) is 58.5. The summed E-state index contributed by atoms with van der Waals surface area (Å²) in [6.45, 7) is 3.57. The minimum atomic E-state index is -1.46. The van der Waals surface area contributed by atoms with Gasteiger partial charge in [-0.3, -0.25) is 24.4 Å². The normalized spacial score (nSPS) is 14.8. The zero-order chi connectivity index (χ0) is 43.3. The van der Waals surface area contributed by atoms with E-state index < -0.39 is 67.4 Å². The summed E-state index contributed by atoms with van der Waals surface area (Å²) in [5, 5.41) is 92.9. The van der Waals surface area contributed by atoms with Crippen LogP contribution < -0.4 is 31.5 Å². The van der Waals surface area contributed by atoms with Gasteiger partial charge in [0.2, 0.25) is 11.8 Å². The van der Waals surface area contributed by atoms with Crippen molar-refractivity contribution in [1.82, 2.24) is 36.1 Å². The Morgan fingerprint density at radius 1 is 0.690 bits per heavy atom. The zero-order valence-corrected chi connectivity index (χ0v) is 34.2. The Morgan fingerprint density at radius 3 is 1.76 bits per heavy atom. The molecule has 19 heteroatoms. The number of amides is 2. The lowest BCUT2D eigenvalue weighted by Gasteiger charge is -2.37. The third-order valence-electron chi connectivity index (χ3n) is 9.58. The van der Waals surface area contributed by atoms with Crippen molar-refractivity contribution in [3.05, 3.63) is 29.6 Å². The molecule has 1 rings (SSSR count). The molecule has 0 radical (unpaired) electrons. The fraction of sp³-hybridized carbons (Fsp3) is 0.769. The number of aliphatic carboxylic acids is 2. The monoisotopic (exact) mass is 828 g/mol. The molecule has 2 amide bonds. The molecule has 0 saturated heterocycles. The fourth-order valence-corrected chi connectivity index (χ4v) is 6.37. The number of aryl methyl sites for hydroxylation is 1. The Balaban J connectivity index is 3.35. The lowest BCUT2D eigenvalue weighted by molar-refractivity contribution is -0.314. The smallest absolute Gasteiger partial charge is 0.220 e. The van der Waals surface area contributed by atoms with Gasteiger partial charge < -0.3 is 71.7 Å². The molecule has 1 heterocycles. The Hall–Kier alpha value is -3.37. The van der Waals surface area contributed by atoms with Crippen LogP contribution in [0, 0.1) is 0 Å². The van der Waals surface area contributed by atoms with E-state index in [9.17, 15) is 44.7 Å². The van der Waals surface area contributed by atoms with Crippen LogP contribution in [0.4, 0.5) is 0 Å². The lowest BCUT2D eigenvalue weighted by atomic mass is 10.1. The molecular formula is C39H69N7O12-2. The number of aromatic nitrogens is 1. The number of hydrogen-bond donors (Lipinski definition) is 10. The maximum Gasteiger partial charge on any atom is 0.220 e. The number of carboxylic acids is 2. The van der Waals surface area contributed by atoms with Gasteiger partial charge in [-0.1, -0.05) is 32.8 Å². The van der Waals surface area contributed by atoms with Crippen LogP contribution in [0.1, 0.15) is 83.0 Å². The summed E-state index contributed by atoms with van der Waals surface area (Å²) in [6, 6.07) is 2.92. The molecule has 58 heavy (non-hydrogen) atoms. The molecule has 0 aromatic carbocycles. The molecule has 0 spiro atoms. The van der Waals surface area contributed by atoms with Crippen molar-refractivity contribution in [1.29, 1.82) is 0 Å². The molecule has 1 aromatic rings. The summed E-state index contributed by atoms with van der Waals surface area (Å²) < 4.78 is 0. The van der Waals surface area contributed by atoms with Gasteiger partial charge in [-0.2, -0.15) is 0 Å². The van der Waals surface area contributed by atoms with Crippen LogP contribution >= 0.6 is 0 Å². The summed E-state index contributed by atoms with van der Waals surface area (Å²) in [5.74, 6) is -3.98. The van der Waals surface area contributed by atoms with Crippen molar-refractivity contribution in [3.8, 4) is 0 Å². The maximum atomic E-state index is 12.7. The van der Waals surface area contributed by atoms with E-state index in [0.717, 1.165) is 37.8 Å². The quantitative estimate of drug-likeness (QED) is 0.0285. The largest absolute Gasteiger partial charge is 0.548 e. The van der Waals surface area contributed by atoms with E-state index in [1.807, 2.05) is 26.0 Å². The predicted octanol–water partition coefficient (Wildman–Crippen LogP) is -4.64. The topological polar surface area (TPSA) is 303 Å². The van der Waals surface area contributed by atoms with Gasteiger partial charge in [-0.05, 0) is 57.2 Å². The second kappa shape index (κ2) is 31.5. The van der Waals surface area contributed by atoms with E-state index in [1.165, 1.54) is 0 Å². The second-order valence-electron chi connectivity index (χ2n) is 14.5. The Labute approximate surface area is 342 Å². The van der Waals surface area contributed by atoms with Crippen molar-refractivity contribution >= 4 is 23.8 Å². The third kappa shape index (κ3) is 23.3. The number of carbonyl (C=O) groups excluding carboxylic acids is 4. The van der Waals surface area contributed by atoms with E-state index >= 15 is 0 Å². The highest BCUT2D eigenvalue weighted by Crippen LogP contribution is 2.15. The molecule has 6 atom stereocenters. The molecule has 19 nitrogen and oxygen atoms in total. The van der Waals surface area contributed by atoms with E-state index in [1.54, 1.807) is 15.9 Å². The number of carboxylic acid groups (broad SMARTS) is 2. The van der Waals surface area contributed by atoms with E-state index in [4.69, 9.17) is 15.3 Å². The molecule has 10 N–H and O–H groups in total. The van der Waals surface area contributed by atoms with Crippen LogP contribution in [-0.2, 0) is 32.1 Å². The van der Waals surface area contributed by atoms with Crippen LogP contribution in [0.15, 0.2) is 18.2 Å². The standard InChI is InChI=1S/C39H71N7O12/c1-3-7-28(11-6-16-40-21-31(50)25-47)41-17-18-45(34(38(55)56)12-14-36(53)42-22-32(51)26-48)19-20-46(24-30-10-5-9-29(44-30)8-4-2)35(39(57)58)13-15-37(54)43-23-33(52)27-49/h5,9-10,28,31-35,40-41,47-52H,3-4,6-8,11-27H2,1-2H3,(H,42,53)(H,43,54)(H,55,56)(H,57,58)/p-2. The van der Waals surface area contributed by atoms with Crippen molar-refractivity contribution in [2.24, 2.45) is 0 Å². The molecule has 0 fully saturated rings. The first-order valence-corrected chi connectivity index (χ1v) is 20.5. The molecule has 6 unspecified atom stereocenters. The summed E-state index contributed by atoms with van der Waals surface area (Å²) in [6.07, 6.45) is 0.747. The van der Waals surface area contributed by atoms with Crippen LogP contribution in [0.5, 0.6) is 0 Å². The van der Waals surface area contributed by atoms with E-state index in [2.05, 4.69) is 26.3 Å². The van der Waals surface area contributed by atoms with Gasteiger partial charge in [0.05, 0.1) is 61.8 Å². The van der Waals surface area contributed by atoms with Gasteiger partial charge in [0.25, 0.3) is 0 Å². The van der Waals surface area contributed by atoms with Crippen molar-refractivity contribution in [2.45, 2.75) is 121 Å². The van der Waals surface area contributed by atoms with Crippen LogP contribution in [0.3, 0.4) is 0 Å². The van der Waals surface area contributed by atoms with Gasteiger partial charge in [-0.15, -0.1) is 0 Å². The SMILES string of the molecule is CCCc1cccc(CN(CCN(CCNC(CCC)CCCNCC(O)CO)C(CCC(=O)NCC(O)CO)C(=O)[O-])C(CCC(=O)NCC(O)CO)C(=O)[O-])n1. The van der Waals surface area contributed by atoms with E-state index in [0.29, 0.717) is 25.2 Å². The molecule has 0 saturated carbocycles. The molecule has 1 aromatic heterocycles. The second-order valence-corrected chi connectivity index (χ2v) is 14.5. The number of aliphatic hydroxyl groups is 6. The van der Waals surface area contributed by atoms with Gasteiger partial charge >= 0.3 is 0 Å². The van der Waals surface area contributed by atoms with Crippen LogP contribution in [-0.4, -0.2) is 178 Å². The number of hydrogen-bond acceptors (Lipinski definition) is 17. The first kappa shape index (κ1) is 52.6. The average molecular weight is 828 g/mol. The van der Waals surface area contributed by atoms with Crippen LogP contribution in [0.2, 0.25) is 0 Å². The highest BCUT2D eigenvalue weighted by molar-refractivity contribution is 5.78. The zero-order valence-electron chi connectivity index (χ0n) is 34.2. The first-order valence-electron chi connectivity index (χ1n) is 20.5. The average Bonchev–Trinajstić information content (AvgIpc) is 3.20. The lowest BCUT2D eigenvalue weighted by Crippen LogP contribution is -2.55. The Bertz CT molecular complexity index is 1300. The van der Waals surface area contributed by atoms with Crippen LogP contribution in [0.25, 0.3) is 0 Å². The Morgan fingerprint density at radius 2 is 1.22 bits per heavy atom. The minimum Gasteiger partial charge on any atom is -0.548 e. The van der Waals surface area contributed by atoms with Gasteiger partial charge in [-0.25, -0.2) is 0 Å². The molecular weight excluding hydrogens is 758 g/mol. The van der Waals surface area contributed by atoms with E-state index in [-0.39, 0.29) is 84.1 Å². The fourth-order valence-electron chi connectivity index (χ4n) is 6.37. The van der Waals surface area contributed by atoms with Crippen molar-refractivity contribution < 1.29 is 60.0 Å². The molecule has 0 aliphatic heterocycles. The number of carbonyl (C=O) groups is 4. The maximum absolute atomic E-state index is 12.7. The number of nitrogens with one attached hydrogen (secondary N) is 4. The van der Waals surface area contributed by atoms with Gasteiger partial charge in [0.15, 0.2) is 0 Å². The summed E-state index contributed by atoms with van der Waals surface area (Å²) in [5.41, 5.74) is 1.36.